The fourth-order valence-electron chi connectivity index (χ4n) is 4.94. The summed E-state index contributed by atoms with van der Waals surface area (Å²) >= 11 is 0. The Morgan fingerprint density at radius 1 is 1.22 bits per heavy atom. The molecule has 5 nitrogen and oxygen atoms in total. The van der Waals surface area contributed by atoms with Crippen LogP contribution in [0.2, 0.25) is 0 Å². The average Bonchev–Trinajstić information content (AvgIpc) is 3.10. The lowest BCUT2D eigenvalue weighted by atomic mass is 9.66. The third-order valence-corrected chi connectivity index (χ3v) is 6.46. The predicted octanol–water partition coefficient (Wildman–Crippen LogP) is 2.68. The molecular formula is C21H26FN3O2. The molecule has 2 heterocycles. The lowest BCUT2D eigenvalue weighted by Gasteiger charge is -2.51. The summed E-state index contributed by atoms with van der Waals surface area (Å²) < 4.78 is 15.0. The van der Waals surface area contributed by atoms with Crippen LogP contribution in [0.4, 0.5) is 4.39 Å². The normalized spacial score (nSPS) is 25.1. The minimum Gasteiger partial charge on any atom is -0.387 e. The molecule has 1 unspecified atom stereocenters. The number of aliphatic hydroxyl groups is 1. The zero-order chi connectivity index (χ0) is 19.1. The Morgan fingerprint density at radius 3 is 2.70 bits per heavy atom. The van der Waals surface area contributed by atoms with Gasteiger partial charge in [0.25, 0.3) is 5.56 Å². The molecule has 1 aliphatic carbocycles. The van der Waals surface area contributed by atoms with Crippen molar-refractivity contribution in [2.45, 2.75) is 44.2 Å². The number of piperidine rings is 1. The predicted molar refractivity (Wildman–Crippen MR) is 102 cm³/mol. The highest BCUT2D eigenvalue weighted by Gasteiger charge is 2.54. The van der Waals surface area contributed by atoms with E-state index in [1.54, 1.807) is 12.1 Å². The fourth-order valence-corrected chi connectivity index (χ4v) is 4.94. The van der Waals surface area contributed by atoms with Crippen molar-refractivity contribution in [2.24, 2.45) is 5.41 Å². The molecule has 0 bridgehead atoms. The molecule has 1 aromatic carbocycles. The van der Waals surface area contributed by atoms with E-state index in [9.17, 15) is 14.3 Å². The topological polar surface area (TPSA) is 58.4 Å². The summed E-state index contributed by atoms with van der Waals surface area (Å²) in [5.74, 6) is -0.359. The van der Waals surface area contributed by atoms with E-state index < -0.39 is 5.60 Å². The Labute approximate surface area is 158 Å². The summed E-state index contributed by atoms with van der Waals surface area (Å²) in [4.78, 5) is 19.3. The first-order valence-electron chi connectivity index (χ1n) is 9.64. The second-order valence-electron chi connectivity index (χ2n) is 8.26. The van der Waals surface area contributed by atoms with E-state index in [-0.39, 0.29) is 23.3 Å². The molecule has 1 aliphatic heterocycles. The summed E-state index contributed by atoms with van der Waals surface area (Å²) in [5.41, 5.74) is -0.251. The van der Waals surface area contributed by atoms with E-state index in [0.29, 0.717) is 17.7 Å². The number of hydrogen-bond donors (Lipinski definition) is 1. The van der Waals surface area contributed by atoms with Gasteiger partial charge in [0, 0.05) is 30.1 Å². The smallest absolute Gasteiger partial charge is 0.253 e. The van der Waals surface area contributed by atoms with Gasteiger partial charge in [-0.15, -0.1) is 0 Å². The number of hydrogen-bond acceptors (Lipinski definition) is 4. The molecule has 0 amide bonds. The molecule has 4 rings (SSSR count). The van der Waals surface area contributed by atoms with Crippen molar-refractivity contribution in [1.29, 1.82) is 0 Å². The van der Waals surface area contributed by atoms with E-state index in [1.165, 1.54) is 29.1 Å². The highest BCUT2D eigenvalue weighted by Crippen LogP contribution is 2.51. The molecule has 2 fully saturated rings. The van der Waals surface area contributed by atoms with Crippen LogP contribution in [0, 0.1) is 11.2 Å². The standard InChI is InChI=1S/C21H26FN3O2/c1-24-10-9-21(27,20(13-24)7-2-3-8-20)14-25-15-23-18(12-19(25)26)16-5-4-6-17(22)11-16/h4-6,11-12,15,27H,2-3,7-10,13-14H2,1H3. The van der Waals surface area contributed by atoms with Crippen molar-refractivity contribution in [2.75, 3.05) is 20.1 Å². The molecule has 27 heavy (non-hydrogen) atoms. The van der Waals surface area contributed by atoms with Gasteiger partial charge in [0.1, 0.15) is 5.82 Å². The SMILES string of the molecule is CN1CCC(O)(Cn2cnc(-c3cccc(F)c3)cc2=O)C2(CCCC2)C1. The molecule has 2 aliphatic rings. The van der Waals surface area contributed by atoms with E-state index in [0.717, 1.165) is 38.8 Å². The van der Waals surface area contributed by atoms with Crippen LogP contribution in [-0.2, 0) is 6.54 Å². The quantitative estimate of drug-likeness (QED) is 0.901. The van der Waals surface area contributed by atoms with Crippen LogP contribution in [0.3, 0.4) is 0 Å². The maximum atomic E-state index is 13.4. The van der Waals surface area contributed by atoms with Crippen LogP contribution in [0.25, 0.3) is 11.3 Å². The van der Waals surface area contributed by atoms with Crippen molar-refractivity contribution in [3.05, 3.63) is 52.8 Å². The van der Waals surface area contributed by atoms with Gasteiger partial charge in [-0.2, -0.15) is 0 Å². The number of aromatic nitrogens is 2. The monoisotopic (exact) mass is 371 g/mol. The number of halogens is 1. The molecule has 2 aromatic rings. The van der Waals surface area contributed by atoms with E-state index >= 15 is 0 Å². The molecule has 1 aromatic heterocycles. The third-order valence-electron chi connectivity index (χ3n) is 6.46. The van der Waals surface area contributed by atoms with Gasteiger partial charge in [0.15, 0.2) is 0 Å². The van der Waals surface area contributed by atoms with Crippen molar-refractivity contribution in [3.8, 4) is 11.3 Å². The molecule has 1 saturated carbocycles. The third kappa shape index (κ3) is 3.32. The van der Waals surface area contributed by atoms with Crippen LogP contribution in [0.1, 0.15) is 32.1 Å². The second-order valence-corrected chi connectivity index (χ2v) is 8.26. The highest BCUT2D eigenvalue weighted by molar-refractivity contribution is 5.58. The molecule has 144 valence electrons. The summed E-state index contributed by atoms with van der Waals surface area (Å²) in [6.45, 7) is 1.95. The molecule has 0 radical (unpaired) electrons. The van der Waals surface area contributed by atoms with Gasteiger partial charge in [-0.25, -0.2) is 9.37 Å². The van der Waals surface area contributed by atoms with Gasteiger partial charge in [0.05, 0.1) is 24.2 Å². The maximum absolute atomic E-state index is 13.4. The fraction of sp³-hybridized carbons (Fsp3) is 0.524. The average molecular weight is 371 g/mol. The van der Waals surface area contributed by atoms with Crippen LogP contribution in [0.5, 0.6) is 0 Å². The molecule has 1 atom stereocenters. The Hall–Kier alpha value is -2.05. The van der Waals surface area contributed by atoms with Crippen LogP contribution in [-0.4, -0.2) is 45.3 Å². The van der Waals surface area contributed by atoms with Gasteiger partial charge in [-0.1, -0.05) is 25.0 Å². The number of likely N-dealkylation sites (tertiary alicyclic amines) is 1. The Balaban J connectivity index is 1.63. The number of rotatable bonds is 3. The molecule has 6 heteroatoms. The number of nitrogens with zero attached hydrogens (tertiary/aromatic N) is 3. The summed E-state index contributed by atoms with van der Waals surface area (Å²) in [5, 5.41) is 11.6. The zero-order valence-corrected chi connectivity index (χ0v) is 15.7. The molecule has 1 spiro atoms. The Morgan fingerprint density at radius 2 is 2.00 bits per heavy atom. The first-order valence-corrected chi connectivity index (χ1v) is 9.64. The first kappa shape index (κ1) is 18.3. The first-order chi connectivity index (χ1) is 12.9. The highest BCUT2D eigenvalue weighted by atomic mass is 19.1. The van der Waals surface area contributed by atoms with E-state index in [4.69, 9.17) is 0 Å². The number of benzene rings is 1. The van der Waals surface area contributed by atoms with Gasteiger partial charge in [-0.05, 0) is 38.4 Å². The molecule has 1 N–H and O–H groups in total. The van der Waals surface area contributed by atoms with Crippen molar-refractivity contribution in [3.63, 3.8) is 0 Å². The van der Waals surface area contributed by atoms with E-state index in [1.807, 2.05) is 0 Å². The minimum absolute atomic E-state index is 0.152. The van der Waals surface area contributed by atoms with Gasteiger partial charge in [0.2, 0.25) is 0 Å². The van der Waals surface area contributed by atoms with Crippen molar-refractivity contribution in [1.82, 2.24) is 14.5 Å². The lowest BCUT2D eigenvalue weighted by Crippen LogP contribution is -2.60. The van der Waals surface area contributed by atoms with Crippen molar-refractivity contribution < 1.29 is 9.50 Å². The minimum atomic E-state index is -0.901. The summed E-state index contributed by atoms with van der Waals surface area (Å²) in [6.07, 6.45) is 6.39. The van der Waals surface area contributed by atoms with Gasteiger partial charge in [-0.3, -0.25) is 9.36 Å². The van der Waals surface area contributed by atoms with Gasteiger partial charge < -0.3 is 10.0 Å². The van der Waals surface area contributed by atoms with Gasteiger partial charge >= 0.3 is 0 Å². The summed E-state index contributed by atoms with van der Waals surface area (Å²) in [7, 11) is 2.10. The Bertz CT molecular complexity index is 891. The molecule has 1 saturated heterocycles. The molecular weight excluding hydrogens is 345 g/mol. The largest absolute Gasteiger partial charge is 0.387 e. The zero-order valence-electron chi connectivity index (χ0n) is 15.7. The van der Waals surface area contributed by atoms with Crippen LogP contribution >= 0.6 is 0 Å². The van der Waals surface area contributed by atoms with Crippen molar-refractivity contribution >= 4 is 0 Å². The maximum Gasteiger partial charge on any atom is 0.253 e. The van der Waals surface area contributed by atoms with E-state index in [2.05, 4.69) is 16.9 Å². The van der Waals surface area contributed by atoms with Crippen LogP contribution in [0.15, 0.2) is 41.5 Å². The summed E-state index contributed by atoms with van der Waals surface area (Å²) in [6, 6.07) is 7.48. The lowest BCUT2D eigenvalue weighted by molar-refractivity contribution is -0.139. The second kappa shape index (κ2) is 6.84. The van der Waals surface area contributed by atoms with Crippen LogP contribution < -0.4 is 5.56 Å². The Kier molecular flexibility index (Phi) is 4.64.